The maximum Gasteiger partial charge on any atom is 0.283 e. The SMILES string of the molecule is Cc1ccc(N2CCC([C@](C)(F)S(=O)(=O)c3cn(C)nc3C(F)F)CC2)cn1. The number of pyridine rings is 1. The summed E-state index contributed by atoms with van der Waals surface area (Å²) in [5.41, 5.74) is 0.863. The summed E-state index contributed by atoms with van der Waals surface area (Å²) in [7, 11) is -3.31. The average Bonchev–Trinajstić information content (AvgIpc) is 3.05. The van der Waals surface area contributed by atoms with E-state index in [9.17, 15) is 17.2 Å². The second-order valence-electron chi connectivity index (χ2n) is 7.26. The molecule has 1 atom stereocenters. The summed E-state index contributed by atoms with van der Waals surface area (Å²) < 4.78 is 68.7. The zero-order valence-corrected chi connectivity index (χ0v) is 16.8. The molecule has 0 spiro atoms. The highest BCUT2D eigenvalue weighted by Crippen LogP contribution is 2.41. The highest BCUT2D eigenvalue weighted by molar-refractivity contribution is 7.92. The first-order valence-electron chi connectivity index (χ1n) is 8.97. The van der Waals surface area contributed by atoms with Gasteiger partial charge in [0, 0.05) is 37.9 Å². The van der Waals surface area contributed by atoms with Gasteiger partial charge in [-0.25, -0.2) is 21.6 Å². The third-order valence-corrected chi connectivity index (χ3v) is 7.61. The second-order valence-corrected chi connectivity index (χ2v) is 9.51. The number of sulfone groups is 1. The van der Waals surface area contributed by atoms with Crippen molar-refractivity contribution in [3.05, 3.63) is 35.9 Å². The first-order chi connectivity index (χ1) is 13.0. The van der Waals surface area contributed by atoms with Crippen LogP contribution in [-0.4, -0.2) is 41.3 Å². The Balaban J connectivity index is 1.80. The van der Waals surface area contributed by atoms with Crippen LogP contribution >= 0.6 is 0 Å². The summed E-state index contributed by atoms with van der Waals surface area (Å²) in [6.45, 7) is 3.76. The van der Waals surface area contributed by atoms with Gasteiger partial charge >= 0.3 is 0 Å². The molecule has 0 amide bonds. The van der Waals surface area contributed by atoms with Gasteiger partial charge in [0.1, 0.15) is 10.6 Å². The fraction of sp³-hybridized carbons (Fsp3) is 0.556. The van der Waals surface area contributed by atoms with Crippen LogP contribution in [0.2, 0.25) is 0 Å². The largest absolute Gasteiger partial charge is 0.370 e. The maximum absolute atomic E-state index is 15.6. The van der Waals surface area contributed by atoms with Gasteiger partial charge < -0.3 is 4.90 Å². The predicted octanol–water partition coefficient (Wildman–Crippen LogP) is 3.44. The smallest absolute Gasteiger partial charge is 0.283 e. The average molecular weight is 416 g/mol. The van der Waals surface area contributed by atoms with Crippen molar-refractivity contribution in [2.75, 3.05) is 18.0 Å². The van der Waals surface area contributed by atoms with Gasteiger partial charge in [0.2, 0.25) is 14.8 Å². The van der Waals surface area contributed by atoms with Gasteiger partial charge in [-0.1, -0.05) is 0 Å². The number of nitrogens with zero attached hydrogens (tertiary/aromatic N) is 4. The molecule has 154 valence electrons. The number of piperidine rings is 1. The van der Waals surface area contributed by atoms with E-state index in [1.165, 1.54) is 7.05 Å². The van der Waals surface area contributed by atoms with E-state index in [0.717, 1.165) is 29.2 Å². The van der Waals surface area contributed by atoms with E-state index in [4.69, 9.17) is 0 Å². The van der Waals surface area contributed by atoms with Crippen molar-refractivity contribution in [1.82, 2.24) is 14.8 Å². The van der Waals surface area contributed by atoms with Crippen molar-refractivity contribution < 1.29 is 21.6 Å². The lowest BCUT2D eigenvalue weighted by Crippen LogP contribution is -2.45. The van der Waals surface area contributed by atoms with Crippen molar-refractivity contribution in [3.8, 4) is 0 Å². The molecule has 0 radical (unpaired) electrons. The Kier molecular flexibility index (Phi) is 5.44. The molecule has 0 unspecified atom stereocenters. The molecule has 3 heterocycles. The Morgan fingerprint density at radius 1 is 1.25 bits per heavy atom. The quantitative estimate of drug-likeness (QED) is 0.747. The maximum atomic E-state index is 15.6. The molecule has 2 aromatic rings. The van der Waals surface area contributed by atoms with Crippen LogP contribution < -0.4 is 4.90 Å². The minimum atomic E-state index is -4.64. The number of anilines is 1. The third kappa shape index (κ3) is 3.61. The van der Waals surface area contributed by atoms with Gasteiger partial charge in [0.05, 0.1) is 11.9 Å². The van der Waals surface area contributed by atoms with E-state index in [1.807, 2.05) is 24.0 Å². The summed E-state index contributed by atoms with van der Waals surface area (Å²) in [6, 6.07) is 3.79. The summed E-state index contributed by atoms with van der Waals surface area (Å²) in [5, 5.41) is 0.830. The molecule has 28 heavy (non-hydrogen) atoms. The van der Waals surface area contributed by atoms with Crippen LogP contribution in [0.25, 0.3) is 0 Å². The van der Waals surface area contributed by atoms with Gasteiger partial charge in [-0.2, -0.15) is 5.10 Å². The lowest BCUT2D eigenvalue weighted by molar-refractivity contribution is 0.140. The molecule has 1 saturated heterocycles. The molecule has 0 aliphatic carbocycles. The Morgan fingerprint density at radius 3 is 2.43 bits per heavy atom. The van der Waals surface area contributed by atoms with Crippen LogP contribution in [0, 0.1) is 12.8 Å². The van der Waals surface area contributed by atoms with Crippen LogP contribution in [-0.2, 0) is 16.9 Å². The Labute approximate surface area is 162 Å². The highest BCUT2D eigenvalue weighted by atomic mass is 32.2. The minimum absolute atomic E-state index is 0.282. The van der Waals surface area contributed by atoms with Crippen molar-refractivity contribution in [2.45, 2.75) is 43.0 Å². The van der Waals surface area contributed by atoms with E-state index in [1.54, 1.807) is 6.20 Å². The predicted molar refractivity (Wildman–Crippen MR) is 98.8 cm³/mol. The molecule has 3 rings (SSSR count). The monoisotopic (exact) mass is 416 g/mol. The lowest BCUT2D eigenvalue weighted by Gasteiger charge is -2.38. The Bertz CT molecular complexity index is 934. The van der Waals surface area contributed by atoms with Crippen LogP contribution in [0.4, 0.5) is 18.9 Å². The first-order valence-corrected chi connectivity index (χ1v) is 10.4. The first kappa shape index (κ1) is 20.6. The lowest BCUT2D eigenvalue weighted by atomic mass is 9.92. The van der Waals surface area contributed by atoms with E-state index < -0.39 is 37.8 Å². The fourth-order valence-electron chi connectivity index (χ4n) is 3.58. The summed E-state index contributed by atoms with van der Waals surface area (Å²) in [4.78, 5) is 5.52. The van der Waals surface area contributed by atoms with Crippen molar-refractivity contribution in [1.29, 1.82) is 0 Å². The summed E-state index contributed by atoms with van der Waals surface area (Å²) >= 11 is 0. The van der Waals surface area contributed by atoms with E-state index in [2.05, 4.69) is 10.1 Å². The molecule has 0 saturated carbocycles. The molecule has 2 aromatic heterocycles. The number of hydrogen-bond acceptors (Lipinski definition) is 5. The molecular weight excluding hydrogens is 393 g/mol. The minimum Gasteiger partial charge on any atom is -0.370 e. The number of halogens is 3. The third-order valence-electron chi connectivity index (χ3n) is 5.33. The highest BCUT2D eigenvalue weighted by Gasteiger charge is 2.50. The van der Waals surface area contributed by atoms with Crippen molar-refractivity contribution >= 4 is 15.5 Å². The number of hydrogen-bond donors (Lipinski definition) is 0. The number of alkyl halides is 3. The molecule has 1 aliphatic heterocycles. The standard InChI is InChI=1S/C18H23F3N4O2S/c1-12-4-5-14(10-22-12)25-8-6-13(7-9-25)18(2,21)28(26,27)15-11-24(3)23-16(15)17(19)20/h4-5,10-11,13,17H,6-9H2,1-3H3/t18-/m1/s1. The normalized spacial score (nSPS) is 18.5. The van der Waals surface area contributed by atoms with E-state index >= 15 is 4.39 Å². The summed E-state index contributed by atoms with van der Waals surface area (Å²) in [6.07, 6.45) is 0.139. The summed E-state index contributed by atoms with van der Waals surface area (Å²) in [5.74, 6) is -0.808. The Morgan fingerprint density at radius 2 is 1.89 bits per heavy atom. The van der Waals surface area contributed by atoms with Crippen molar-refractivity contribution in [3.63, 3.8) is 0 Å². The van der Waals surface area contributed by atoms with Gasteiger partial charge in [-0.15, -0.1) is 0 Å². The molecule has 0 aromatic carbocycles. The van der Waals surface area contributed by atoms with Gasteiger partial charge in [0.15, 0.2) is 0 Å². The van der Waals surface area contributed by atoms with Gasteiger partial charge in [-0.05, 0) is 38.8 Å². The zero-order chi connectivity index (χ0) is 20.7. The molecular formula is C18H23F3N4O2S. The molecule has 6 nitrogen and oxygen atoms in total. The zero-order valence-electron chi connectivity index (χ0n) is 15.9. The number of aromatic nitrogens is 3. The van der Waals surface area contributed by atoms with Crippen LogP contribution in [0.3, 0.4) is 0 Å². The van der Waals surface area contributed by atoms with Crippen LogP contribution in [0.1, 0.15) is 37.6 Å². The molecule has 10 heteroatoms. The molecule has 1 aliphatic rings. The second kappa shape index (κ2) is 7.38. The van der Waals surface area contributed by atoms with Crippen LogP contribution in [0.5, 0.6) is 0 Å². The molecule has 0 N–H and O–H groups in total. The Hall–Kier alpha value is -2.10. The fourth-order valence-corrected chi connectivity index (χ4v) is 5.38. The van der Waals surface area contributed by atoms with E-state index in [0.29, 0.717) is 13.1 Å². The molecule has 1 fully saturated rings. The van der Waals surface area contributed by atoms with Crippen LogP contribution in [0.15, 0.2) is 29.4 Å². The number of aryl methyl sites for hydroxylation is 2. The molecule has 0 bridgehead atoms. The van der Waals surface area contributed by atoms with Crippen molar-refractivity contribution in [2.24, 2.45) is 13.0 Å². The van der Waals surface area contributed by atoms with Gasteiger partial charge in [-0.3, -0.25) is 9.67 Å². The topological polar surface area (TPSA) is 68.1 Å². The van der Waals surface area contributed by atoms with E-state index in [-0.39, 0.29) is 12.8 Å². The van der Waals surface area contributed by atoms with Gasteiger partial charge in [0.25, 0.3) is 6.43 Å². The number of rotatable bonds is 5.